The zero-order chi connectivity index (χ0) is 13.8. The normalized spacial score (nSPS) is 11.4. The van der Waals surface area contributed by atoms with E-state index in [1.165, 1.54) is 16.1 Å². The van der Waals surface area contributed by atoms with E-state index in [2.05, 4.69) is 47.8 Å². The van der Waals surface area contributed by atoms with Gasteiger partial charge in [0.15, 0.2) is 0 Å². The fourth-order valence-electron chi connectivity index (χ4n) is 2.20. The van der Waals surface area contributed by atoms with Gasteiger partial charge < -0.3 is 5.32 Å². The van der Waals surface area contributed by atoms with Gasteiger partial charge >= 0.3 is 0 Å². The Morgan fingerprint density at radius 2 is 2.16 bits per heavy atom. The summed E-state index contributed by atoms with van der Waals surface area (Å²) in [5, 5.41) is 8.11. The predicted octanol–water partition coefficient (Wildman–Crippen LogP) is 2.55. The first-order valence-corrected chi connectivity index (χ1v) is 7.59. The van der Waals surface area contributed by atoms with Crippen molar-refractivity contribution in [1.29, 1.82) is 0 Å². The Labute approximate surface area is 118 Å². The summed E-state index contributed by atoms with van der Waals surface area (Å²) < 4.78 is 2.09. The summed E-state index contributed by atoms with van der Waals surface area (Å²) in [6.45, 7) is 10.4. The molecule has 0 aliphatic rings. The maximum absolute atomic E-state index is 4.65. The van der Waals surface area contributed by atoms with Gasteiger partial charge in [0.1, 0.15) is 0 Å². The van der Waals surface area contributed by atoms with E-state index in [0.717, 1.165) is 25.2 Å². The van der Waals surface area contributed by atoms with Gasteiger partial charge in [0.25, 0.3) is 0 Å². The molecular formula is C14H22N4S. The minimum Gasteiger partial charge on any atom is -0.314 e. The summed E-state index contributed by atoms with van der Waals surface area (Å²) in [6.07, 6.45) is 2.96. The molecule has 2 heterocycles. The Kier molecular flexibility index (Phi) is 4.71. The van der Waals surface area contributed by atoms with Crippen LogP contribution in [0.15, 0.2) is 11.7 Å². The Bertz CT molecular complexity index is 514. The number of aromatic nitrogens is 3. The largest absolute Gasteiger partial charge is 0.314 e. The van der Waals surface area contributed by atoms with Crippen molar-refractivity contribution < 1.29 is 0 Å². The molecule has 0 spiro atoms. The number of aryl methyl sites for hydroxylation is 1. The van der Waals surface area contributed by atoms with E-state index in [1.54, 1.807) is 11.3 Å². The van der Waals surface area contributed by atoms with Crippen LogP contribution in [0, 0.1) is 13.8 Å². The second kappa shape index (κ2) is 6.30. The summed E-state index contributed by atoms with van der Waals surface area (Å²) >= 11 is 1.68. The summed E-state index contributed by atoms with van der Waals surface area (Å²) in [5.41, 5.74) is 5.66. The molecule has 0 amide bonds. The van der Waals surface area contributed by atoms with E-state index in [9.17, 15) is 0 Å². The first-order valence-electron chi connectivity index (χ1n) is 6.71. The topological polar surface area (TPSA) is 42.7 Å². The van der Waals surface area contributed by atoms with E-state index in [0.29, 0.717) is 6.04 Å². The van der Waals surface area contributed by atoms with Crippen molar-refractivity contribution in [2.24, 2.45) is 0 Å². The van der Waals surface area contributed by atoms with Crippen LogP contribution >= 0.6 is 11.3 Å². The molecule has 0 bridgehead atoms. The standard InChI is InChI=1S/C14H22N4S/c1-10(2)16-6-5-14-11(3)17-18(12(14)4)8-13-7-15-9-19-13/h7,9-10,16H,5-6,8H2,1-4H3. The highest BCUT2D eigenvalue weighted by Crippen LogP contribution is 2.16. The van der Waals surface area contributed by atoms with E-state index < -0.39 is 0 Å². The van der Waals surface area contributed by atoms with Crippen molar-refractivity contribution in [3.05, 3.63) is 33.5 Å². The summed E-state index contributed by atoms with van der Waals surface area (Å²) in [4.78, 5) is 5.36. The molecule has 0 radical (unpaired) electrons. The van der Waals surface area contributed by atoms with E-state index in [-0.39, 0.29) is 0 Å². The van der Waals surface area contributed by atoms with Crippen LogP contribution in [0.3, 0.4) is 0 Å². The molecular weight excluding hydrogens is 256 g/mol. The van der Waals surface area contributed by atoms with Gasteiger partial charge in [0.05, 0.1) is 17.7 Å². The van der Waals surface area contributed by atoms with E-state index in [4.69, 9.17) is 0 Å². The fraction of sp³-hybridized carbons (Fsp3) is 0.571. The molecule has 0 unspecified atom stereocenters. The molecule has 0 saturated heterocycles. The first kappa shape index (κ1) is 14.2. The molecule has 19 heavy (non-hydrogen) atoms. The SMILES string of the molecule is Cc1nn(Cc2cncs2)c(C)c1CCNC(C)C. The molecule has 5 heteroatoms. The lowest BCUT2D eigenvalue weighted by atomic mass is 10.1. The van der Waals surface area contributed by atoms with Gasteiger partial charge in [-0.3, -0.25) is 9.67 Å². The first-order chi connectivity index (χ1) is 9.08. The summed E-state index contributed by atoms with van der Waals surface area (Å²) in [5.74, 6) is 0. The zero-order valence-corrected chi connectivity index (χ0v) is 12.9. The summed E-state index contributed by atoms with van der Waals surface area (Å²) in [6, 6.07) is 0.535. The van der Waals surface area contributed by atoms with Crippen LogP contribution < -0.4 is 5.32 Å². The minimum absolute atomic E-state index is 0.535. The Morgan fingerprint density at radius 3 is 2.79 bits per heavy atom. The summed E-state index contributed by atoms with van der Waals surface area (Å²) in [7, 11) is 0. The van der Waals surface area contributed by atoms with Crippen LogP contribution in [0.25, 0.3) is 0 Å². The molecule has 2 aromatic rings. The lowest BCUT2D eigenvalue weighted by Gasteiger charge is -2.08. The van der Waals surface area contributed by atoms with Gasteiger partial charge in [-0.1, -0.05) is 13.8 Å². The zero-order valence-electron chi connectivity index (χ0n) is 12.1. The molecule has 0 aromatic carbocycles. The maximum atomic E-state index is 4.65. The highest BCUT2D eigenvalue weighted by Gasteiger charge is 2.12. The molecule has 2 rings (SSSR count). The Hall–Kier alpha value is -1.20. The third-order valence-corrected chi connectivity index (χ3v) is 4.01. The minimum atomic E-state index is 0.535. The molecule has 0 aliphatic heterocycles. The smallest absolute Gasteiger partial charge is 0.0794 e. The fourth-order valence-corrected chi connectivity index (χ4v) is 2.78. The van der Waals surface area contributed by atoms with E-state index in [1.807, 2.05) is 11.7 Å². The molecule has 0 fully saturated rings. The lowest BCUT2D eigenvalue weighted by Crippen LogP contribution is -2.25. The molecule has 4 nitrogen and oxygen atoms in total. The molecule has 104 valence electrons. The third kappa shape index (κ3) is 3.64. The molecule has 0 saturated carbocycles. The van der Waals surface area contributed by atoms with Gasteiger partial charge in [0, 0.05) is 22.8 Å². The number of nitrogens with one attached hydrogen (secondary N) is 1. The van der Waals surface area contributed by atoms with Crippen molar-refractivity contribution in [2.45, 2.75) is 46.7 Å². The monoisotopic (exact) mass is 278 g/mol. The Morgan fingerprint density at radius 1 is 1.37 bits per heavy atom. The van der Waals surface area contributed by atoms with Crippen molar-refractivity contribution in [2.75, 3.05) is 6.54 Å². The lowest BCUT2D eigenvalue weighted by molar-refractivity contribution is 0.588. The highest BCUT2D eigenvalue weighted by atomic mass is 32.1. The molecule has 0 aliphatic carbocycles. The number of hydrogen-bond acceptors (Lipinski definition) is 4. The number of hydrogen-bond donors (Lipinski definition) is 1. The van der Waals surface area contributed by atoms with Crippen LogP contribution in [0.4, 0.5) is 0 Å². The number of thiazole rings is 1. The van der Waals surface area contributed by atoms with Crippen molar-refractivity contribution in [3.8, 4) is 0 Å². The average molecular weight is 278 g/mol. The third-order valence-electron chi connectivity index (χ3n) is 3.25. The second-order valence-corrected chi connectivity index (χ2v) is 6.10. The highest BCUT2D eigenvalue weighted by molar-refractivity contribution is 7.09. The van der Waals surface area contributed by atoms with Gasteiger partial charge in [-0.2, -0.15) is 5.10 Å². The second-order valence-electron chi connectivity index (χ2n) is 5.13. The Balaban J connectivity index is 2.06. The van der Waals surface area contributed by atoms with E-state index >= 15 is 0 Å². The van der Waals surface area contributed by atoms with Crippen LogP contribution in [-0.4, -0.2) is 27.4 Å². The molecule has 0 atom stereocenters. The van der Waals surface area contributed by atoms with Crippen LogP contribution in [0.1, 0.15) is 35.7 Å². The number of rotatable bonds is 6. The van der Waals surface area contributed by atoms with Crippen LogP contribution in [0.2, 0.25) is 0 Å². The van der Waals surface area contributed by atoms with Gasteiger partial charge in [0.2, 0.25) is 0 Å². The maximum Gasteiger partial charge on any atom is 0.0794 e. The molecule has 2 aromatic heterocycles. The quantitative estimate of drug-likeness (QED) is 0.883. The van der Waals surface area contributed by atoms with Crippen molar-refractivity contribution in [3.63, 3.8) is 0 Å². The number of nitrogens with zero attached hydrogens (tertiary/aromatic N) is 3. The van der Waals surface area contributed by atoms with Crippen LogP contribution in [-0.2, 0) is 13.0 Å². The van der Waals surface area contributed by atoms with Gasteiger partial charge in [-0.15, -0.1) is 11.3 Å². The predicted molar refractivity (Wildman–Crippen MR) is 79.8 cm³/mol. The van der Waals surface area contributed by atoms with Crippen LogP contribution in [0.5, 0.6) is 0 Å². The average Bonchev–Trinajstić information content (AvgIpc) is 2.93. The van der Waals surface area contributed by atoms with Crippen molar-refractivity contribution >= 4 is 11.3 Å². The van der Waals surface area contributed by atoms with Crippen molar-refractivity contribution in [1.82, 2.24) is 20.1 Å². The molecule has 1 N–H and O–H groups in total. The van der Waals surface area contributed by atoms with Gasteiger partial charge in [-0.05, 0) is 32.4 Å². The van der Waals surface area contributed by atoms with Gasteiger partial charge in [-0.25, -0.2) is 0 Å².